The van der Waals surface area contributed by atoms with Gasteiger partial charge in [0.1, 0.15) is 12.4 Å². The van der Waals surface area contributed by atoms with Gasteiger partial charge in [0, 0.05) is 35.8 Å². The molecule has 3 aromatic rings. The molecule has 1 atom stereocenters. The van der Waals surface area contributed by atoms with E-state index in [0.717, 1.165) is 22.9 Å². The van der Waals surface area contributed by atoms with Crippen LogP contribution in [0.3, 0.4) is 0 Å². The van der Waals surface area contributed by atoms with Crippen LogP contribution in [0, 0.1) is 0 Å². The van der Waals surface area contributed by atoms with Crippen molar-refractivity contribution in [2.24, 2.45) is 0 Å². The quantitative estimate of drug-likeness (QED) is 0.659. The smallest absolute Gasteiger partial charge is 0.276 e. The van der Waals surface area contributed by atoms with Gasteiger partial charge in [-0.25, -0.2) is 0 Å². The van der Waals surface area contributed by atoms with Crippen LogP contribution in [0.25, 0.3) is 10.8 Å². The molecule has 1 unspecified atom stereocenters. The van der Waals surface area contributed by atoms with Gasteiger partial charge in [-0.3, -0.25) is 9.78 Å². The first kappa shape index (κ1) is 16.3. The third kappa shape index (κ3) is 3.06. The van der Waals surface area contributed by atoms with Crippen LogP contribution in [0.4, 0.5) is 0 Å². The van der Waals surface area contributed by atoms with E-state index >= 15 is 0 Å². The average molecular weight is 349 g/mol. The molecule has 26 heavy (non-hydrogen) atoms. The lowest BCUT2D eigenvalue weighted by Crippen LogP contribution is -2.35. The van der Waals surface area contributed by atoms with Gasteiger partial charge in [-0.15, -0.1) is 0 Å². The van der Waals surface area contributed by atoms with Crippen LogP contribution < -0.4 is 4.74 Å². The first-order valence-corrected chi connectivity index (χ1v) is 8.65. The molecular weight excluding hydrogens is 330 g/mol. The van der Waals surface area contributed by atoms with E-state index in [4.69, 9.17) is 9.26 Å². The summed E-state index contributed by atoms with van der Waals surface area (Å²) in [4.78, 5) is 18.5. The third-order valence-electron chi connectivity index (χ3n) is 4.53. The number of amides is 1. The Kier molecular flexibility index (Phi) is 4.39. The number of nitrogens with zero attached hydrogens (tertiary/aromatic N) is 3. The lowest BCUT2D eigenvalue weighted by atomic mass is 10.1. The van der Waals surface area contributed by atoms with E-state index in [-0.39, 0.29) is 18.6 Å². The van der Waals surface area contributed by atoms with E-state index in [0.29, 0.717) is 18.0 Å². The average Bonchev–Trinajstić information content (AvgIpc) is 3.35. The summed E-state index contributed by atoms with van der Waals surface area (Å²) in [6, 6.07) is 9.48. The Morgan fingerprint density at radius 3 is 3.19 bits per heavy atom. The van der Waals surface area contributed by atoms with Crippen molar-refractivity contribution < 1.29 is 14.1 Å². The van der Waals surface area contributed by atoms with Gasteiger partial charge in [0.25, 0.3) is 5.91 Å². The SMILES string of the molecule is CCC1C=CCN1C(=O)c1cc(COc2cccc3cnccc23)on1. The Hall–Kier alpha value is -3.15. The largest absolute Gasteiger partial charge is 0.485 e. The Morgan fingerprint density at radius 2 is 2.31 bits per heavy atom. The zero-order chi connectivity index (χ0) is 17.9. The van der Waals surface area contributed by atoms with E-state index in [1.54, 1.807) is 23.4 Å². The number of pyridine rings is 1. The molecule has 0 spiro atoms. The fraction of sp³-hybridized carbons (Fsp3) is 0.250. The summed E-state index contributed by atoms with van der Waals surface area (Å²) in [5.74, 6) is 1.14. The number of rotatable bonds is 5. The topological polar surface area (TPSA) is 68.5 Å². The van der Waals surface area contributed by atoms with Crippen molar-refractivity contribution in [3.05, 3.63) is 66.3 Å². The van der Waals surface area contributed by atoms with Gasteiger partial charge >= 0.3 is 0 Å². The van der Waals surface area contributed by atoms with Crippen LogP contribution in [0.15, 0.2) is 59.4 Å². The molecule has 1 aromatic carbocycles. The van der Waals surface area contributed by atoms with Crippen molar-refractivity contribution >= 4 is 16.7 Å². The van der Waals surface area contributed by atoms with Gasteiger partial charge in [0.05, 0.1) is 6.04 Å². The molecule has 0 N–H and O–H groups in total. The van der Waals surface area contributed by atoms with Gasteiger partial charge in [-0.2, -0.15) is 0 Å². The minimum Gasteiger partial charge on any atom is -0.485 e. The number of ether oxygens (including phenoxy) is 1. The molecule has 6 heteroatoms. The predicted octanol–water partition coefficient (Wildman–Crippen LogP) is 3.59. The van der Waals surface area contributed by atoms with Crippen LogP contribution in [0.1, 0.15) is 29.6 Å². The minimum atomic E-state index is -0.118. The summed E-state index contributed by atoms with van der Waals surface area (Å²) in [7, 11) is 0. The first-order chi connectivity index (χ1) is 12.8. The number of benzene rings is 1. The fourth-order valence-corrected chi connectivity index (χ4v) is 3.16. The van der Waals surface area contributed by atoms with Gasteiger partial charge in [0.2, 0.25) is 0 Å². The molecule has 4 rings (SSSR count). The zero-order valence-electron chi connectivity index (χ0n) is 14.5. The van der Waals surface area contributed by atoms with Crippen LogP contribution in [-0.2, 0) is 6.61 Å². The molecule has 0 aliphatic carbocycles. The van der Waals surface area contributed by atoms with E-state index in [2.05, 4.69) is 23.1 Å². The maximum absolute atomic E-state index is 12.6. The molecule has 3 heterocycles. The molecule has 1 aliphatic rings. The number of hydrogen-bond donors (Lipinski definition) is 0. The lowest BCUT2D eigenvalue weighted by molar-refractivity contribution is 0.0737. The highest BCUT2D eigenvalue weighted by atomic mass is 16.5. The molecule has 2 aromatic heterocycles. The molecule has 0 saturated carbocycles. The van der Waals surface area contributed by atoms with Gasteiger partial charge in [-0.05, 0) is 18.6 Å². The van der Waals surface area contributed by atoms with Crippen molar-refractivity contribution in [1.29, 1.82) is 0 Å². The molecule has 0 saturated heterocycles. The van der Waals surface area contributed by atoms with E-state index < -0.39 is 0 Å². The van der Waals surface area contributed by atoms with Crippen molar-refractivity contribution in [2.45, 2.75) is 26.0 Å². The summed E-state index contributed by atoms with van der Waals surface area (Å²) in [5, 5.41) is 5.90. The summed E-state index contributed by atoms with van der Waals surface area (Å²) in [6.45, 7) is 2.87. The zero-order valence-corrected chi connectivity index (χ0v) is 14.5. The van der Waals surface area contributed by atoms with Gasteiger partial charge in [-0.1, -0.05) is 36.4 Å². The van der Waals surface area contributed by atoms with Crippen molar-refractivity contribution in [2.75, 3.05) is 6.54 Å². The fourth-order valence-electron chi connectivity index (χ4n) is 3.16. The van der Waals surface area contributed by atoms with Gasteiger partial charge < -0.3 is 14.2 Å². The van der Waals surface area contributed by atoms with Crippen LogP contribution in [0.2, 0.25) is 0 Å². The van der Waals surface area contributed by atoms with Crippen LogP contribution in [0.5, 0.6) is 5.75 Å². The molecule has 0 bridgehead atoms. The molecular formula is C20H19N3O3. The highest BCUT2D eigenvalue weighted by molar-refractivity contribution is 5.93. The second kappa shape index (κ2) is 7.00. The summed E-state index contributed by atoms with van der Waals surface area (Å²) >= 11 is 0. The number of carbonyl (C=O) groups excluding carboxylic acids is 1. The second-order valence-corrected chi connectivity index (χ2v) is 6.18. The minimum absolute atomic E-state index is 0.118. The highest BCUT2D eigenvalue weighted by Gasteiger charge is 2.26. The van der Waals surface area contributed by atoms with E-state index in [9.17, 15) is 4.79 Å². The number of carbonyl (C=O) groups is 1. The number of aromatic nitrogens is 2. The third-order valence-corrected chi connectivity index (χ3v) is 4.53. The Labute approximate surface area is 151 Å². The molecule has 1 aliphatic heterocycles. The predicted molar refractivity (Wildman–Crippen MR) is 96.8 cm³/mol. The normalized spacial score (nSPS) is 16.3. The Bertz CT molecular complexity index is 958. The number of fused-ring (bicyclic) bond motifs is 1. The molecule has 6 nitrogen and oxygen atoms in total. The molecule has 132 valence electrons. The van der Waals surface area contributed by atoms with E-state index in [1.807, 2.05) is 30.3 Å². The summed E-state index contributed by atoms with van der Waals surface area (Å²) in [6.07, 6.45) is 8.46. The molecule has 0 radical (unpaired) electrons. The molecule has 0 fully saturated rings. The number of hydrogen-bond acceptors (Lipinski definition) is 5. The summed E-state index contributed by atoms with van der Waals surface area (Å²) < 4.78 is 11.2. The van der Waals surface area contributed by atoms with Crippen LogP contribution >= 0.6 is 0 Å². The van der Waals surface area contributed by atoms with Crippen LogP contribution in [-0.4, -0.2) is 33.5 Å². The van der Waals surface area contributed by atoms with Crippen molar-refractivity contribution in [1.82, 2.24) is 15.0 Å². The van der Waals surface area contributed by atoms with Gasteiger partial charge in [0.15, 0.2) is 11.5 Å². The second-order valence-electron chi connectivity index (χ2n) is 6.18. The van der Waals surface area contributed by atoms with Crippen molar-refractivity contribution in [3.63, 3.8) is 0 Å². The first-order valence-electron chi connectivity index (χ1n) is 8.65. The maximum atomic E-state index is 12.6. The monoisotopic (exact) mass is 349 g/mol. The lowest BCUT2D eigenvalue weighted by Gasteiger charge is -2.22. The summed E-state index contributed by atoms with van der Waals surface area (Å²) in [5.41, 5.74) is 0.313. The standard InChI is InChI=1S/C20H19N3O3/c1-2-15-6-4-10-23(15)20(24)18-11-16(26-22-18)13-25-19-7-3-5-14-12-21-9-8-17(14)19/h3-9,11-12,15H,2,10,13H2,1H3. The highest BCUT2D eigenvalue weighted by Crippen LogP contribution is 2.25. The Morgan fingerprint density at radius 1 is 1.38 bits per heavy atom. The Balaban J connectivity index is 1.46. The molecule has 1 amide bonds. The maximum Gasteiger partial charge on any atom is 0.276 e. The van der Waals surface area contributed by atoms with E-state index in [1.165, 1.54) is 0 Å². The van der Waals surface area contributed by atoms with Crippen molar-refractivity contribution in [3.8, 4) is 5.75 Å².